The molecule has 0 aromatic carbocycles. The zero-order valence-corrected chi connectivity index (χ0v) is 11.7. The number of hydrogen-bond acceptors (Lipinski definition) is 4. The smallest absolute Gasteiger partial charge is 0.348 e. The first-order valence-electron chi connectivity index (χ1n) is 5.64. The Balaban J connectivity index is 3.26. The molecule has 0 aliphatic heterocycles. The van der Waals surface area contributed by atoms with Gasteiger partial charge in [0.1, 0.15) is 4.88 Å². The fraction of sp³-hybridized carbons (Fsp3) is 0.538. The molecule has 0 N–H and O–H groups in total. The van der Waals surface area contributed by atoms with Crippen molar-refractivity contribution in [2.75, 3.05) is 7.11 Å². The Morgan fingerprint density at radius 1 is 1.24 bits per heavy atom. The zero-order chi connectivity index (χ0) is 13.2. The van der Waals surface area contributed by atoms with Crippen LogP contribution in [0.1, 0.15) is 58.5 Å². The van der Waals surface area contributed by atoms with Gasteiger partial charge in [0.15, 0.2) is 5.78 Å². The van der Waals surface area contributed by atoms with Crippen molar-refractivity contribution in [3.63, 3.8) is 0 Å². The van der Waals surface area contributed by atoms with Crippen LogP contribution in [-0.4, -0.2) is 18.9 Å². The summed E-state index contributed by atoms with van der Waals surface area (Å²) in [5, 5.41) is 0. The predicted molar refractivity (Wildman–Crippen MR) is 68.9 cm³/mol. The van der Waals surface area contributed by atoms with Gasteiger partial charge in [0.25, 0.3) is 0 Å². The molecule has 1 rings (SSSR count). The van der Waals surface area contributed by atoms with E-state index < -0.39 is 5.97 Å². The van der Waals surface area contributed by atoms with Gasteiger partial charge < -0.3 is 4.74 Å². The van der Waals surface area contributed by atoms with E-state index in [2.05, 4.69) is 0 Å². The monoisotopic (exact) mass is 254 g/mol. The van der Waals surface area contributed by atoms with Gasteiger partial charge in [-0.1, -0.05) is 27.7 Å². The molecule has 0 atom stereocenters. The van der Waals surface area contributed by atoms with Crippen molar-refractivity contribution in [2.45, 2.75) is 33.6 Å². The van der Waals surface area contributed by atoms with Crippen LogP contribution in [0.4, 0.5) is 0 Å². The number of methoxy groups -OCH3 is 1. The molecule has 17 heavy (non-hydrogen) atoms. The summed E-state index contributed by atoms with van der Waals surface area (Å²) >= 11 is 1.35. The average Bonchev–Trinajstić information content (AvgIpc) is 2.71. The topological polar surface area (TPSA) is 43.4 Å². The number of Topliss-reactive ketones (excluding diaryl/α,β-unsaturated/α-hetero) is 1. The molecule has 3 nitrogen and oxygen atoms in total. The highest BCUT2D eigenvalue weighted by Gasteiger charge is 2.24. The van der Waals surface area contributed by atoms with Gasteiger partial charge >= 0.3 is 5.97 Å². The van der Waals surface area contributed by atoms with E-state index in [4.69, 9.17) is 4.74 Å². The molecule has 0 bridgehead atoms. The van der Waals surface area contributed by atoms with Gasteiger partial charge in [-0.2, -0.15) is 0 Å². The van der Waals surface area contributed by atoms with E-state index in [1.807, 2.05) is 33.8 Å². The molecule has 1 heterocycles. The van der Waals surface area contributed by atoms with Crippen molar-refractivity contribution in [1.29, 1.82) is 0 Å². The van der Waals surface area contributed by atoms with Crippen LogP contribution in [0.3, 0.4) is 0 Å². The van der Waals surface area contributed by atoms with Crippen molar-refractivity contribution in [3.05, 3.63) is 21.4 Å². The van der Waals surface area contributed by atoms with E-state index >= 15 is 0 Å². The van der Waals surface area contributed by atoms with E-state index in [9.17, 15) is 9.59 Å². The fourth-order valence-electron chi connectivity index (χ4n) is 1.43. The second-order valence-electron chi connectivity index (χ2n) is 4.56. The number of carbonyl (C=O) groups is 2. The summed E-state index contributed by atoms with van der Waals surface area (Å²) in [6.07, 6.45) is 0. The molecule has 4 heteroatoms. The van der Waals surface area contributed by atoms with Crippen molar-refractivity contribution in [1.82, 2.24) is 0 Å². The fourth-order valence-corrected chi connectivity index (χ4v) is 2.52. The molecule has 0 aliphatic rings. The van der Waals surface area contributed by atoms with Crippen LogP contribution in [0.5, 0.6) is 0 Å². The van der Waals surface area contributed by atoms with Gasteiger partial charge in [-0.15, -0.1) is 11.3 Å². The predicted octanol–water partition coefficient (Wildman–Crippen LogP) is 3.50. The molecular weight excluding hydrogens is 236 g/mol. The Morgan fingerprint density at radius 2 is 1.82 bits per heavy atom. The highest BCUT2D eigenvalue weighted by molar-refractivity contribution is 7.14. The quantitative estimate of drug-likeness (QED) is 0.610. The number of thiophene rings is 1. The Labute approximate surface area is 106 Å². The molecule has 0 fully saturated rings. The summed E-state index contributed by atoms with van der Waals surface area (Å²) in [6.45, 7) is 7.74. The maximum atomic E-state index is 12.0. The molecule has 0 saturated heterocycles. The number of carbonyl (C=O) groups excluding carboxylic acids is 2. The molecule has 0 spiro atoms. The molecular formula is C13H18O3S. The SMILES string of the molecule is COC(=O)c1sc(C(C)C)cc1C(=O)C(C)C. The minimum absolute atomic E-state index is 0.00597. The lowest BCUT2D eigenvalue weighted by Gasteiger charge is -2.03. The zero-order valence-electron chi connectivity index (χ0n) is 10.9. The van der Waals surface area contributed by atoms with Gasteiger partial charge in [0.05, 0.1) is 7.11 Å². The van der Waals surface area contributed by atoms with Crippen molar-refractivity contribution >= 4 is 23.1 Å². The Kier molecular flexibility index (Phi) is 4.46. The van der Waals surface area contributed by atoms with Gasteiger partial charge in [-0.05, 0) is 12.0 Å². The number of ketones is 1. The molecule has 0 radical (unpaired) electrons. The second-order valence-corrected chi connectivity index (χ2v) is 5.64. The van der Waals surface area contributed by atoms with Crippen LogP contribution in [0.15, 0.2) is 6.07 Å². The molecule has 1 aromatic heterocycles. The number of hydrogen-bond donors (Lipinski definition) is 0. The van der Waals surface area contributed by atoms with Gasteiger partial charge in [0.2, 0.25) is 0 Å². The summed E-state index contributed by atoms with van der Waals surface area (Å²) < 4.78 is 4.72. The van der Waals surface area contributed by atoms with E-state index in [0.29, 0.717) is 16.4 Å². The lowest BCUT2D eigenvalue weighted by Crippen LogP contribution is -2.11. The number of rotatable bonds is 4. The van der Waals surface area contributed by atoms with Crippen LogP contribution in [0.25, 0.3) is 0 Å². The van der Waals surface area contributed by atoms with Crippen molar-refractivity contribution in [3.8, 4) is 0 Å². The maximum absolute atomic E-state index is 12.0. The van der Waals surface area contributed by atoms with Crippen LogP contribution < -0.4 is 0 Å². The van der Waals surface area contributed by atoms with Crippen LogP contribution >= 0.6 is 11.3 Å². The Hall–Kier alpha value is -1.16. The third-order valence-electron chi connectivity index (χ3n) is 2.48. The first-order valence-corrected chi connectivity index (χ1v) is 6.46. The molecule has 0 unspecified atom stereocenters. The molecule has 1 aromatic rings. The van der Waals surface area contributed by atoms with Gasteiger partial charge in [-0.3, -0.25) is 4.79 Å². The average molecular weight is 254 g/mol. The van der Waals surface area contributed by atoms with Gasteiger partial charge in [0, 0.05) is 16.4 Å². The Morgan fingerprint density at radius 3 is 2.24 bits per heavy atom. The van der Waals surface area contributed by atoms with Gasteiger partial charge in [-0.25, -0.2) is 4.79 Å². The largest absolute Gasteiger partial charge is 0.465 e. The lowest BCUT2D eigenvalue weighted by molar-refractivity contribution is 0.0602. The lowest BCUT2D eigenvalue weighted by atomic mass is 10.0. The standard InChI is InChI=1S/C13H18O3S/c1-7(2)10-6-9(11(14)8(3)4)12(17-10)13(15)16-5/h6-8H,1-5H3. The van der Waals surface area contributed by atoms with E-state index in [0.717, 1.165) is 4.88 Å². The minimum atomic E-state index is -0.425. The summed E-state index contributed by atoms with van der Waals surface area (Å²) in [6, 6.07) is 1.82. The number of ether oxygens (including phenoxy) is 1. The van der Waals surface area contributed by atoms with Crippen LogP contribution in [0.2, 0.25) is 0 Å². The van der Waals surface area contributed by atoms with E-state index in [1.165, 1.54) is 18.4 Å². The summed E-state index contributed by atoms with van der Waals surface area (Å²) in [4.78, 5) is 25.1. The van der Waals surface area contributed by atoms with Crippen LogP contribution in [-0.2, 0) is 4.74 Å². The normalized spacial score (nSPS) is 11.0. The highest BCUT2D eigenvalue weighted by Crippen LogP contribution is 2.30. The van der Waals surface area contributed by atoms with E-state index in [1.54, 1.807) is 0 Å². The third-order valence-corrected chi connectivity index (χ3v) is 3.90. The molecule has 0 aliphatic carbocycles. The minimum Gasteiger partial charge on any atom is -0.465 e. The Bertz CT molecular complexity index is 430. The first-order chi connectivity index (χ1) is 7.88. The molecule has 0 amide bonds. The van der Waals surface area contributed by atoms with E-state index in [-0.39, 0.29) is 11.7 Å². The van der Waals surface area contributed by atoms with Crippen molar-refractivity contribution in [2.24, 2.45) is 5.92 Å². The summed E-state index contributed by atoms with van der Waals surface area (Å²) in [7, 11) is 1.33. The van der Waals surface area contributed by atoms with Crippen molar-refractivity contribution < 1.29 is 14.3 Å². The molecule has 94 valence electrons. The summed E-state index contributed by atoms with van der Waals surface area (Å²) in [5.74, 6) is -0.246. The second kappa shape index (κ2) is 5.45. The highest BCUT2D eigenvalue weighted by atomic mass is 32.1. The third kappa shape index (κ3) is 2.94. The maximum Gasteiger partial charge on any atom is 0.348 e. The summed E-state index contributed by atoms with van der Waals surface area (Å²) in [5.41, 5.74) is 0.501. The van der Waals surface area contributed by atoms with Crippen LogP contribution in [0, 0.1) is 5.92 Å². The molecule has 0 saturated carbocycles. The first kappa shape index (κ1) is 13.9. The number of esters is 1.